The van der Waals surface area contributed by atoms with Gasteiger partial charge in [0.05, 0.1) is 15.5 Å². The first-order valence-electron chi connectivity index (χ1n) is 9.05. The van der Waals surface area contributed by atoms with Gasteiger partial charge in [-0.25, -0.2) is 12.6 Å². The molecule has 0 saturated carbocycles. The van der Waals surface area contributed by atoms with E-state index in [9.17, 15) is 22.3 Å². The maximum atomic E-state index is 12.5. The highest BCUT2D eigenvalue weighted by Crippen LogP contribution is 2.41. The Bertz CT molecular complexity index is 1590. The Morgan fingerprint density at radius 3 is 2.29 bits per heavy atom. The molecule has 0 aliphatic rings. The molecule has 158 valence electrons. The second-order valence-electron chi connectivity index (χ2n) is 7.06. The van der Waals surface area contributed by atoms with Crippen molar-refractivity contribution in [1.29, 1.82) is 0 Å². The third-order valence-electron chi connectivity index (χ3n) is 4.80. The molecule has 1 unspecified atom stereocenters. The van der Waals surface area contributed by atoms with E-state index in [-0.39, 0.29) is 26.6 Å². The summed E-state index contributed by atoms with van der Waals surface area (Å²) in [6, 6.07) is 18.3. The minimum Gasteiger partial charge on any atom is -0.506 e. The molecule has 0 aromatic heterocycles. The molecule has 0 spiro atoms. The monoisotopic (exact) mass is 454 g/mol. The summed E-state index contributed by atoms with van der Waals surface area (Å²) in [5.74, 6) is 2.94. The topological polar surface area (TPSA) is 116 Å². The number of phenolic OH excluding ortho intramolecular Hbond substituents is 1. The predicted molar refractivity (Wildman–Crippen MR) is 123 cm³/mol. The molecular formula is C22H18N2O5S2. The van der Waals surface area contributed by atoms with Gasteiger partial charge in [0.2, 0.25) is 0 Å². The molecule has 0 fully saturated rings. The fraction of sp³-hybridized carbons (Fsp3) is 0.0455. The van der Waals surface area contributed by atoms with Crippen molar-refractivity contribution in [2.45, 2.75) is 9.79 Å². The smallest absolute Gasteiger partial charge is 0.176 e. The number of rotatable bonds is 4. The number of aromatic hydroxyl groups is 1. The van der Waals surface area contributed by atoms with E-state index in [0.717, 1.165) is 23.1 Å². The number of hydrogen-bond donors (Lipinski definition) is 2. The summed E-state index contributed by atoms with van der Waals surface area (Å²) in [7, 11) is -7.51. The molecule has 4 aromatic carbocycles. The highest BCUT2D eigenvalue weighted by atomic mass is 32.2. The SMILES string of the molecule is C=S(=O)(O)c1cc(S(C)(=O)=O)c2c(N=Nc3cccc4ccccc34)c(O)ccc2c1. The molecule has 0 amide bonds. The zero-order valence-electron chi connectivity index (χ0n) is 16.4. The van der Waals surface area contributed by atoms with Crippen LogP contribution in [0, 0.1) is 0 Å². The largest absolute Gasteiger partial charge is 0.506 e. The van der Waals surface area contributed by atoms with Crippen LogP contribution in [0.15, 0.2) is 86.7 Å². The Balaban J connectivity index is 2.02. The average molecular weight is 455 g/mol. The normalized spacial score (nSPS) is 14.3. The molecule has 31 heavy (non-hydrogen) atoms. The molecule has 4 aromatic rings. The van der Waals surface area contributed by atoms with E-state index in [4.69, 9.17) is 0 Å². The molecule has 0 saturated heterocycles. The zero-order valence-corrected chi connectivity index (χ0v) is 18.0. The van der Waals surface area contributed by atoms with E-state index in [1.165, 1.54) is 18.2 Å². The van der Waals surface area contributed by atoms with E-state index in [2.05, 4.69) is 16.1 Å². The number of benzene rings is 4. The lowest BCUT2D eigenvalue weighted by Crippen LogP contribution is -2.04. The molecule has 7 nitrogen and oxygen atoms in total. The fourth-order valence-corrected chi connectivity index (χ4v) is 4.96. The summed E-state index contributed by atoms with van der Waals surface area (Å²) >= 11 is 0. The Morgan fingerprint density at radius 2 is 1.58 bits per heavy atom. The molecule has 1 atom stereocenters. The van der Waals surface area contributed by atoms with Crippen molar-refractivity contribution in [3.63, 3.8) is 0 Å². The van der Waals surface area contributed by atoms with Crippen molar-refractivity contribution >= 4 is 58.4 Å². The molecule has 0 bridgehead atoms. The first-order chi connectivity index (χ1) is 14.6. The molecule has 0 heterocycles. The first kappa shape index (κ1) is 21.0. The van der Waals surface area contributed by atoms with Crippen molar-refractivity contribution in [2.75, 3.05) is 6.26 Å². The van der Waals surface area contributed by atoms with Crippen molar-refractivity contribution in [3.8, 4) is 5.75 Å². The van der Waals surface area contributed by atoms with Gasteiger partial charge in [0.25, 0.3) is 0 Å². The van der Waals surface area contributed by atoms with Gasteiger partial charge in [-0.05, 0) is 40.9 Å². The standard InChI is InChI=1S/C22H18N2O5S2/c1-30(26,27)16-12-15-10-11-19(25)22(21(15)20(13-16)31(2,28)29)24-23-18-9-5-7-14-6-3-4-8-17(14)18/h3-13,25H,1H2,2H3,(H,26,27). The van der Waals surface area contributed by atoms with Crippen LogP contribution < -0.4 is 0 Å². The Kier molecular flexibility index (Phi) is 5.04. The lowest BCUT2D eigenvalue weighted by Gasteiger charge is -2.12. The van der Waals surface area contributed by atoms with Gasteiger partial charge in [-0.1, -0.05) is 42.5 Å². The maximum absolute atomic E-state index is 12.5. The Morgan fingerprint density at radius 1 is 0.871 bits per heavy atom. The molecule has 2 N–H and O–H groups in total. The van der Waals surface area contributed by atoms with E-state index >= 15 is 0 Å². The minimum absolute atomic E-state index is 0.0501. The zero-order chi connectivity index (χ0) is 22.4. The number of fused-ring (bicyclic) bond motifs is 2. The van der Waals surface area contributed by atoms with Gasteiger partial charge in [0.15, 0.2) is 9.84 Å². The molecule has 9 heteroatoms. The third-order valence-corrected chi connectivity index (χ3v) is 6.89. The van der Waals surface area contributed by atoms with Crippen LogP contribution in [-0.2, 0) is 19.6 Å². The van der Waals surface area contributed by atoms with Gasteiger partial charge < -0.3 is 9.66 Å². The van der Waals surface area contributed by atoms with Gasteiger partial charge in [0.1, 0.15) is 21.2 Å². The Labute approximate surface area is 179 Å². The van der Waals surface area contributed by atoms with Crippen LogP contribution in [-0.4, -0.2) is 34.4 Å². The van der Waals surface area contributed by atoms with Crippen LogP contribution in [0.2, 0.25) is 0 Å². The van der Waals surface area contributed by atoms with Crippen molar-refractivity contribution in [3.05, 3.63) is 66.7 Å². The van der Waals surface area contributed by atoms with E-state index < -0.39 is 19.6 Å². The number of hydrogen-bond acceptors (Lipinski definition) is 6. The van der Waals surface area contributed by atoms with Gasteiger partial charge in [-0.15, -0.1) is 10.2 Å². The highest BCUT2D eigenvalue weighted by Gasteiger charge is 2.21. The molecule has 4 rings (SSSR count). The minimum atomic E-state index is -3.85. The van der Waals surface area contributed by atoms with Gasteiger partial charge >= 0.3 is 0 Å². The van der Waals surface area contributed by atoms with Crippen LogP contribution in [0.25, 0.3) is 21.5 Å². The van der Waals surface area contributed by atoms with Crippen LogP contribution in [0.1, 0.15) is 0 Å². The van der Waals surface area contributed by atoms with Crippen molar-refractivity contribution < 1.29 is 22.3 Å². The maximum Gasteiger partial charge on any atom is 0.176 e. The van der Waals surface area contributed by atoms with Crippen LogP contribution in [0.4, 0.5) is 11.4 Å². The molecule has 0 aliphatic heterocycles. The summed E-state index contributed by atoms with van der Waals surface area (Å²) in [5, 5.41) is 21.1. The molecule has 0 aliphatic carbocycles. The van der Waals surface area contributed by atoms with E-state index in [1.54, 1.807) is 6.07 Å². The van der Waals surface area contributed by atoms with Crippen molar-refractivity contribution in [1.82, 2.24) is 0 Å². The highest BCUT2D eigenvalue weighted by molar-refractivity contribution is 7.95. The fourth-order valence-electron chi connectivity index (χ4n) is 3.35. The summed E-state index contributed by atoms with van der Waals surface area (Å²) in [5.41, 5.74) is 0.495. The quantitative estimate of drug-likeness (QED) is 0.330. The summed E-state index contributed by atoms with van der Waals surface area (Å²) in [4.78, 5) is -0.378. The first-order valence-corrected chi connectivity index (χ1v) is 12.6. The Hall–Kier alpha value is -3.27. The van der Waals surface area contributed by atoms with Gasteiger partial charge in [0, 0.05) is 17.0 Å². The summed E-state index contributed by atoms with van der Waals surface area (Å²) in [6.07, 6.45) is 0.976. The predicted octanol–water partition coefficient (Wildman–Crippen LogP) is 5.07. The van der Waals surface area contributed by atoms with Crippen LogP contribution in [0.3, 0.4) is 0 Å². The van der Waals surface area contributed by atoms with Gasteiger partial charge in [-0.2, -0.15) is 0 Å². The second kappa shape index (κ2) is 7.45. The lowest BCUT2D eigenvalue weighted by molar-refractivity contribution is 0.477. The second-order valence-corrected chi connectivity index (χ2v) is 10.8. The molecule has 0 radical (unpaired) electrons. The van der Waals surface area contributed by atoms with Gasteiger partial charge in [-0.3, -0.25) is 0 Å². The number of phenols is 1. The lowest BCUT2D eigenvalue weighted by atomic mass is 10.1. The van der Waals surface area contributed by atoms with Crippen LogP contribution >= 0.6 is 0 Å². The van der Waals surface area contributed by atoms with E-state index in [0.29, 0.717) is 11.1 Å². The molecular weight excluding hydrogens is 436 g/mol. The number of nitrogens with zero attached hydrogens (tertiary/aromatic N) is 2. The third kappa shape index (κ3) is 4.02. The average Bonchev–Trinajstić information content (AvgIpc) is 2.71. The van der Waals surface area contributed by atoms with Crippen molar-refractivity contribution in [2.24, 2.45) is 10.2 Å². The number of azo groups is 1. The van der Waals surface area contributed by atoms with E-state index in [1.807, 2.05) is 36.4 Å². The van der Waals surface area contributed by atoms with Crippen LogP contribution in [0.5, 0.6) is 5.75 Å². The number of sulfone groups is 1. The summed E-state index contributed by atoms with van der Waals surface area (Å²) in [6.45, 7) is 0. The summed E-state index contributed by atoms with van der Waals surface area (Å²) < 4.78 is 46.9.